The highest BCUT2D eigenvalue weighted by molar-refractivity contribution is 9.10. The number of hydrogen-bond donors (Lipinski definition) is 1. The van der Waals surface area contributed by atoms with Gasteiger partial charge in [-0.1, -0.05) is 33.8 Å². The Balaban J connectivity index is 1.79. The molecule has 146 valence electrons. The predicted molar refractivity (Wildman–Crippen MR) is 108 cm³/mol. The lowest BCUT2D eigenvalue weighted by Crippen LogP contribution is -2.23. The molecule has 7 nitrogen and oxygen atoms in total. The predicted octanol–water partition coefficient (Wildman–Crippen LogP) is 4.00. The number of thioether (sulfide) groups is 1. The van der Waals surface area contributed by atoms with E-state index in [1.807, 2.05) is 25.1 Å². The van der Waals surface area contributed by atoms with E-state index in [1.165, 1.54) is 16.8 Å². The summed E-state index contributed by atoms with van der Waals surface area (Å²) >= 11 is 4.35. The molecule has 0 fully saturated rings. The number of ether oxygens (including phenoxy) is 1. The average Bonchev–Trinajstić information content (AvgIpc) is 3.11. The molecule has 3 aromatic rings. The second-order valence-corrected chi connectivity index (χ2v) is 8.15. The number of carbonyl (C=O) groups is 1. The molecular formula is C18H17BrFN5O2S. The highest BCUT2D eigenvalue weighted by atomic mass is 79.9. The Morgan fingerprint density at radius 2 is 2.11 bits per heavy atom. The number of tetrazole rings is 1. The van der Waals surface area contributed by atoms with Crippen LogP contribution in [0.25, 0.3) is 5.69 Å². The minimum atomic E-state index is -0.566. The molecular weight excluding hydrogens is 449 g/mol. The van der Waals surface area contributed by atoms with Gasteiger partial charge in [-0.2, -0.15) is 4.68 Å². The number of methoxy groups -OCH3 is 1. The van der Waals surface area contributed by atoms with Crippen LogP contribution in [0.5, 0.6) is 5.75 Å². The van der Waals surface area contributed by atoms with E-state index in [0.29, 0.717) is 21.1 Å². The van der Waals surface area contributed by atoms with Crippen LogP contribution in [0.15, 0.2) is 46.0 Å². The van der Waals surface area contributed by atoms with Crippen LogP contribution in [0.1, 0.15) is 12.5 Å². The molecule has 10 heteroatoms. The van der Waals surface area contributed by atoms with Crippen LogP contribution in [0.3, 0.4) is 0 Å². The minimum absolute atomic E-state index is 0.112. The summed E-state index contributed by atoms with van der Waals surface area (Å²) in [5, 5.41) is 14.2. The number of aryl methyl sites for hydroxylation is 1. The summed E-state index contributed by atoms with van der Waals surface area (Å²) in [6, 6.07) is 10.1. The van der Waals surface area contributed by atoms with Crippen LogP contribution in [0, 0.1) is 12.7 Å². The van der Waals surface area contributed by atoms with Crippen molar-refractivity contribution in [2.24, 2.45) is 0 Å². The molecule has 0 radical (unpaired) electrons. The number of nitrogens with zero attached hydrogens (tertiary/aromatic N) is 4. The zero-order valence-corrected chi connectivity index (χ0v) is 17.7. The van der Waals surface area contributed by atoms with Gasteiger partial charge in [0.25, 0.3) is 0 Å². The van der Waals surface area contributed by atoms with Gasteiger partial charge in [0.05, 0.1) is 18.0 Å². The smallest absolute Gasteiger partial charge is 0.237 e. The van der Waals surface area contributed by atoms with Gasteiger partial charge < -0.3 is 10.1 Å². The number of halogens is 2. The Labute approximate surface area is 173 Å². The highest BCUT2D eigenvalue weighted by Gasteiger charge is 2.21. The van der Waals surface area contributed by atoms with Crippen LogP contribution in [-0.4, -0.2) is 38.5 Å². The van der Waals surface area contributed by atoms with Gasteiger partial charge >= 0.3 is 0 Å². The Kier molecular flexibility index (Phi) is 6.30. The van der Waals surface area contributed by atoms with Crippen LogP contribution >= 0.6 is 27.7 Å². The van der Waals surface area contributed by atoms with Gasteiger partial charge in [-0.15, -0.1) is 5.10 Å². The molecule has 1 amide bonds. The first-order valence-electron chi connectivity index (χ1n) is 8.25. The third-order valence-electron chi connectivity index (χ3n) is 3.84. The molecule has 1 atom stereocenters. The fourth-order valence-corrected chi connectivity index (χ4v) is 3.54. The largest absolute Gasteiger partial charge is 0.494 e. The monoisotopic (exact) mass is 465 g/mol. The molecule has 0 aliphatic carbocycles. The summed E-state index contributed by atoms with van der Waals surface area (Å²) in [5.74, 6) is -0.278. The molecule has 1 unspecified atom stereocenters. The highest BCUT2D eigenvalue weighted by Crippen LogP contribution is 2.29. The van der Waals surface area contributed by atoms with Gasteiger partial charge in [0.15, 0.2) is 0 Å². The molecule has 1 heterocycles. The zero-order valence-electron chi connectivity index (χ0n) is 15.3. The number of aromatic nitrogens is 4. The molecule has 0 aliphatic heterocycles. The number of benzene rings is 2. The molecule has 3 rings (SSSR count). The first-order chi connectivity index (χ1) is 13.4. The quantitative estimate of drug-likeness (QED) is 0.554. The molecule has 0 aliphatic rings. The van der Waals surface area contributed by atoms with Crippen molar-refractivity contribution < 1.29 is 13.9 Å². The van der Waals surface area contributed by atoms with E-state index in [2.05, 4.69) is 36.8 Å². The zero-order chi connectivity index (χ0) is 20.3. The fourth-order valence-electron chi connectivity index (χ4n) is 2.41. The van der Waals surface area contributed by atoms with Crippen LogP contribution in [0.2, 0.25) is 0 Å². The summed E-state index contributed by atoms with van der Waals surface area (Å²) in [4.78, 5) is 12.5. The molecule has 0 spiro atoms. The summed E-state index contributed by atoms with van der Waals surface area (Å²) < 4.78 is 21.4. The molecule has 0 saturated heterocycles. The number of rotatable bonds is 6. The fraction of sp³-hybridized carbons (Fsp3) is 0.222. The Bertz CT molecular complexity index is 1010. The van der Waals surface area contributed by atoms with Crippen molar-refractivity contribution in [2.75, 3.05) is 12.4 Å². The van der Waals surface area contributed by atoms with E-state index in [1.54, 1.807) is 20.1 Å². The molecule has 0 saturated carbocycles. The SMILES string of the molecule is COc1ccc(C)cc1-n1nnnc1SC(C)C(=O)Nc1ccc(Br)cc1F. The Hall–Kier alpha value is -2.46. The van der Waals surface area contributed by atoms with E-state index in [0.717, 1.165) is 17.3 Å². The second-order valence-electron chi connectivity index (χ2n) is 5.92. The lowest BCUT2D eigenvalue weighted by atomic mass is 10.2. The first-order valence-corrected chi connectivity index (χ1v) is 9.92. The number of carbonyl (C=O) groups excluding carboxylic acids is 1. The van der Waals surface area contributed by atoms with Crippen LogP contribution in [0.4, 0.5) is 10.1 Å². The Morgan fingerprint density at radius 3 is 2.82 bits per heavy atom. The summed E-state index contributed by atoms with van der Waals surface area (Å²) in [6.07, 6.45) is 0. The van der Waals surface area contributed by atoms with E-state index >= 15 is 0 Å². The van der Waals surface area contributed by atoms with Crippen molar-refractivity contribution in [1.82, 2.24) is 20.2 Å². The summed E-state index contributed by atoms with van der Waals surface area (Å²) in [7, 11) is 1.56. The maximum Gasteiger partial charge on any atom is 0.237 e. The number of anilines is 1. The van der Waals surface area contributed by atoms with Crippen molar-refractivity contribution in [3.05, 3.63) is 52.3 Å². The summed E-state index contributed by atoms with van der Waals surface area (Å²) in [6.45, 7) is 3.65. The number of hydrogen-bond acceptors (Lipinski definition) is 6. The summed E-state index contributed by atoms with van der Waals surface area (Å²) in [5.41, 5.74) is 1.79. The van der Waals surface area contributed by atoms with Crippen molar-refractivity contribution >= 4 is 39.3 Å². The molecule has 28 heavy (non-hydrogen) atoms. The lowest BCUT2D eigenvalue weighted by Gasteiger charge is -2.13. The van der Waals surface area contributed by atoms with Crippen molar-refractivity contribution in [2.45, 2.75) is 24.3 Å². The maximum atomic E-state index is 14.0. The minimum Gasteiger partial charge on any atom is -0.494 e. The standard InChI is InChI=1S/C18H17BrFN5O2S/c1-10-4-7-16(27-3)15(8-10)25-18(22-23-24-25)28-11(2)17(26)21-14-6-5-12(19)9-13(14)20/h4-9,11H,1-3H3,(H,21,26). The van der Waals surface area contributed by atoms with Gasteiger partial charge in [-0.25, -0.2) is 4.39 Å². The van der Waals surface area contributed by atoms with E-state index < -0.39 is 11.1 Å². The van der Waals surface area contributed by atoms with Crippen LogP contribution in [-0.2, 0) is 4.79 Å². The van der Waals surface area contributed by atoms with Gasteiger partial charge in [-0.3, -0.25) is 4.79 Å². The average molecular weight is 466 g/mol. The third-order valence-corrected chi connectivity index (χ3v) is 5.37. The van der Waals surface area contributed by atoms with E-state index in [9.17, 15) is 9.18 Å². The van der Waals surface area contributed by atoms with Gasteiger partial charge in [-0.05, 0) is 60.2 Å². The van der Waals surface area contributed by atoms with Crippen molar-refractivity contribution in [1.29, 1.82) is 0 Å². The molecule has 0 bridgehead atoms. The molecule has 1 aromatic heterocycles. The third kappa shape index (κ3) is 4.50. The topological polar surface area (TPSA) is 81.9 Å². The van der Waals surface area contributed by atoms with E-state index in [4.69, 9.17) is 4.74 Å². The normalized spacial score (nSPS) is 11.9. The van der Waals surface area contributed by atoms with Gasteiger partial charge in [0.1, 0.15) is 17.3 Å². The first kappa shape index (κ1) is 20.3. The number of nitrogens with one attached hydrogen (secondary N) is 1. The number of amides is 1. The van der Waals surface area contributed by atoms with Gasteiger partial charge in [0.2, 0.25) is 11.1 Å². The van der Waals surface area contributed by atoms with Gasteiger partial charge in [0, 0.05) is 4.47 Å². The van der Waals surface area contributed by atoms with Crippen LogP contribution < -0.4 is 10.1 Å². The van der Waals surface area contributed by atoms with E-state index in [-0.39, 0.29) is 11.6 Å². The van der Waals surface area contributed by atoms with Crippen molar-refractivity contribution in [3.8, 4) is 11.4 Å². The second kappa shape index (κ2) is 8.70. The lowest BCUT2D eigenvalue weighted by molar-refractivity contribution is -0.115. The molecule has 1 N–H and O–H groups in total. The maximum absolute atomic E-state index is 14.0. The van der Waals surface area contributed by atoms with Crippen molar-refractivity contribution in [3.63, 3.8) is 0 Å². The molecule has 2 aromatic carbocycles. The Morgan fingerprint density at radius 1 is 1.32 bits per heavy atom.